The van der Waals surface area contributed by atoms with Gasteiger partial charge in [0.25, 0.3) is 0 Å². The van der Waals surface area contributed by atoms with Crippen LogP contribution in [0.2, 0.25) is 5.02 Å². The summed E-state index contributed by atoms with van der Waals surface area (Å²) >= 11 is 6.69. The molecule has 5 rings (SSSR count). The third kappa shape index (κ3) is 5.21. The van der Waals surface area contributed by atoms with Crippen molar-refractivity contribution in [2.24, 2.45) is 5.41 Å². The molecule has 1 atom stereocenters. The maximum atomic E-state index is 9.80. The van der Waals surface area contributed by atoms with Crippen molar-refractivity contribution in [2.75, 3.05) is 17.2 Å². The highest BCUT2D eigenvalue weighted by Gasteiger charge is 2.46. The largest absolute Gasteiger partial charge is 0.383 e. The van der Waals surface area contributed by atoms with Crippen LogP contribution in [0.15, 0.2) is 48.8 Å². The summed E-state index contributed by atoms with van der Waals surface area (Å²) in [5.74, 6) is 0. The van der Waals surface area contributed by atoms with Crippen molar-refractivity contribution >= 4 is 33.9 Å². The van der Waals surface area contributed by atoms with Crippen LogP contribution < -0.4 is 10.6 Å². The lowest BCUT2D eigenvalue weighted by Crippen LogP contribution is -2.20. The molecule has 4 aromatic rings. The second-order valence-electron chi connectivity index (χ2n) is 10.8. The molecule has 194 valence electrons. The number of nitrogens with zero attached hydrogens (tertiary/aromatic N) is 7. The van der Waals surface area contributed by atoms with E-state index in [4.69, 9.17) is 11.6 Å². The van der Waals surface area contributed by atoms with Gasteiger partial charge in [-0.15, -0.1) is 5.10 Å². The Kier molecular flexibility index (Phi) is 6.27. The van der Waals surface area contributed by atoms with E-state index < -0.39 is 11.6 Å². The number of anilines is 2. The first-order chi connectivity index (χ1) is 19.0. The molecule has 0 amide bonds. The molecule has 0 radical (unpaired) electrons. The molecule has 1 saturated carbocycles. The number of nitrogens with one attached hydrogen (secondary N) is 2. The summed E-state index contributed by atoms with van der Waals surface area (Å²) in [6.07, 6.45) is 4.42. The lowest BCUT2D eigenvalue weighted by Gasteiger charge is -2.22. The highest BCUT2D eigenvalue weighted by atomic mass is 35.5. The normalized spacial score (nSPS) is 15.8. The fourth-order valence-electron chi connectivity index (χ4n) is 4.23. The van der Waals surface area contributed by atoms with Gasteiger partial charge in [0.2, 0.25) is 0 Å². The summed E-state index contributed by atoms with van der Waals surface area (Å²) < 4.78 is 11.1. The van der Waals surface area contributed by atoms with E-state index in [0.717, 1.165) is 0 Å². The second-order valence-corrected chi connectivity index (χ2v) is 11.2. The SMILES string of the molecule is [2H][C@@](Nc1cc(Cl)c2ncc(C#N)c(NCC(C)(C)C)c2c1)(c1cccc(C#N)c1)c1cn(C2(C#N)CC2)nn1. The quantitative estimate of drug-likeness (QED) is 0.298. The number of benzene rings is 2. The Balaban J connectivity index is 1.65. The topological polar surface area (TPSA) is 139 Å². The van der Waals surface area contributed by atoms with E-state index in [2.05, 4.69) is 64.9 Å². The van der Waals surface area contributed by atoms with E-state index >= 15 is 0 Å². The molecule has 0 unspecified atom stereocenters. The van der Waals surface area contributed by atoms with Crippen LogP contribution in [0, 0.1) is 39.4 Å². The van der Waals surface area contributed by atoms with Gasteiger partial charge >= 0.3 is 0 Å². The summed E-state index contributed by atoms with van der Waals surface area (Å²) in [7, 11) is 0. The average molecular weight is 537 g/mol. The zero-order valence-corrected chi connectivity index (χ0v) is 22.5. The van der Waals surface area contributed by atoms with Crippen LogP contribution in [0.3, 0.4) is 0 Å². The van der Waals surface area contributed by atoms with Crippen LogP contribution in [0.4, 0.5) is 11.4 Å². The number of hydrogen-bond acceptors (Lipinski definition) is 8. The van der Waals surface area contributed by atoms with Crippen molar-refractivity contribution in [2.45, 2.75) is 45.2 Å². The lowest BCUT2D eigenvalue weighted by atomic mass is 9.96. The minimum Gasteiger partial charge on any atom is -0.383 e. The van der Waals surface area contributed by atoms with Crippen LogP contribution in [-0.4, -0.2) is 26.5 Å². The number of hydrogen-bond donors (Lipinski definition) is 2. The van der Waals surface area contributed by atoms with Crippen molar-refractivity contribution in [3.8, 4) is 18.2 Å². The van der Waals surface area contributed by atoms with Crippen molar-refractivity contribution in [3.05, 3.63) is 76.2 Å². The highest BCUT2D eigenvalue weighted by molar-refractivity contribution is 6.35. The smallest absolute Gasteiger partial charge is 0.150 e. The number of rotatable bonds is 7. The van der Waals surface area contributed by atoms with Gasteiger partial charge in [-0.2, -0.15) is 15.8 Å². The number of halogens is 1. The van der Waals surface area contributed by atoms with E-state index in [0.29, 0.717) is 63.4 Å². The van der Waals surface area contributed by atoms with Gasteiger partial charge in [-0.3, -0.25) is 4.98 Å². The standard InChI is InChI=1S/C29H26ClN9/c1-28(2,3)17-35-25-20(13-32)14-34-27-22(25)10-21(11-23(27)30)36-26(19-6-4-5-18(9-19)12-31)24-15-39(38-37-24)29(16-33)7-8-29/h4-6,9-11,14-15,26,36H,7-8,17H2,1-3H3,(H,34,35)/t26-/m1/s1/i26D. The van der Waals surface area contributed by atoms with Crippen LogP contribution in [0.5, 0.6) is 0 Å². The maximum Gasteiger partial charge on any atom is 0.150 e. The molecule has 0 bridgehead atoms. The number of pyridine rings is 1. The summed E-state index contributed by atoms with van der Waals surface area (Å²) in [6, 6.07) is 15.1. The molecule has 1 aliphatic rings. The predicted octanol–water partition coefficient (Wildman–Crippen LogP) is 5.90. The van der Waals surface area contributed by atoms with Crippen LogP contribution in [-0.2, 0) is 5.54 Å². The molecule has 10 heteroatoms. The molecular weight excluding hydrogens is 510 g/mol. The summed E-state index contributed by atoms with van der Waals surface area (Å²) in [6.45, 7) is 6.86. The maximum absolute atomic E-state index is 9.80. The van der Waals surface area contributed by atoms with E-state index in [1.807, 2.05) is 0 Å². The molecule has 1 aliphatic carbocycles. The molecule has 2 N–H and O–H groups in total. The molecule has 9 nitrogen and oxygen atoms in total. The molecule has 39 heavy (non-hydrogen) atoms. The zero-order chi connectivity index (χ0) is 28.7. The fourth-order valence-corrected chi connectivity index (χ4v) is 4.50. The van der Waals surface area contributed by atoms with Crippen molar-refractivity contribution in [1.29, 1.82) is 15.8 Å². The molecule has 2 aromatic carbocycles. The Hall–Kier alpha value is -4.65. The Bertz CT molecular complexity index is 1750. The lowest BCUT2D eigenvalue weighted by molar-refractivity contribution is 0.443. The van der Waals surface area contributed by atoms with Gasteiger partial charge < -0.3 is 10.6 Å². The molecule has 0 saturated heterocycles. The summed E-state index contributed by atoms with van der Waals surface area (Å²) in [4.78, 5) is 4.42. The van der Waals surface area contributed by atoms with Gasteiger partial charge in [0, 0.05) is 23.8 Å². The molecule has 2 aromatic heterocycles. The van der Waals surface area contributed by atoms with Gasteiger partial charge in [-0.1, -0.05) is 49.7 Å². The van der Waals surface area contributed by atoms with Gasteiger partial charge in [0.1, 0.15) is 11.8 Å². The fraction of sp³-hybridized carbons (Fsp3) is 0.310. The summed E-state index contributed by atoms with van der Waals surface area (Å²) in [5, 5.41) is 45.0. The third-order valence-corrected chi connectivity index (χ3v) is 6.80. The first kappa shape index (κ1) is 24.7. The monoisotopic (exact) mass is 536 g/mol. The van der Waals surface area contributed by atoms with Gasteiger partial charge in [-0.05, 0) is 48.1 Å². The van der Waals surface area contributed by atoms with Crippen LogP contribution in [0.1, 0.15) is 63.4 Å². The van der Waals surface area contributed by atoms with E-state index in [1.165, 1.54) is 10.9 Å². The first-order valence-electron chi connectivity index (χ1n) is 12.9. The van der Waals surface area contributed by atoms with Gasteiger partial charge in [-0.25, -0.2) is 4.68 Å². The van der Waals surface area contributed by atoms with Crippen molar-refractivity contribution in [3.63, 3.8) is 0 Å². The number of fused-ring (bicyclic) bond motifs is 1. The van der Waals surface area contributed by atoms with Gasteiger partial charge in [0.15, 0.2) is 5.54 Å². The Morgan fingerprint density at radius 3 is 2.64 bits per heavy atom. The van der Waals surface area contributed by atoms with Crippen LogP contribution in [0.25, 0.3) is 10.9 Å². The van der Waals surface area contributed by atoms with Crippen molar-refractivity contribution in [1.82, 2.24) is 20.0 Å². The third-order valence-electron chi connectivity index (χ3n) is 6.51. The summed E-state index contributed by atoms with van der Waals surface area (Å²) in [5.41, 5.74) is 2.23. The van der Waals surface area contributed by atoms with E-state index in [-0.39, 0.29) is 11.1 Å². The van der Waals surface area contributed by atoms with E-state index in [1.54, 1.807) is 42.6 Å². The molecule has 2 heterocycles. The zero-order valence-electron chi connectivity index (χ0n) is 22.7. The number of aromatic nitrogens is 4. The number of nitriles is 3. The molecule has 0 aliphatic heterocycles. The molecular formula is C29H26ClN9. The molecule has 1 fully saturated rings. The highest BCUT2D eigenvalue weighted by Crippen LogP contribution is 2.43. The minimum atomic E-state index is -1.70. The van der Waals surface area contributed by atoms with Crippen LogP contribution >= 0.6 is 11.6 Å². The molecule has 0 spiro atoms. The second kappa shape index (κ2) is 9.91. The Labute approximate surface area is 233 Å². The van der Waals surface area contributed by atoms with Gasteiger partial charge in [0.05, 0.1) is 53.1 Å². The minimum absolute atomic E-state index is 0.0573. The predicted molar refractivity (Wildman–Crippen MR) is 149 cm³/mol. The average Bonchev–Trinajstić information content (AvgIpc) is 3.57. The van der Waals surface area contributed by atoms with E-state index in [9.17, 15) is 17.2 Å². The Morgan fingerprint density at radius 1 is 1.18 bits per heavy atom. The Morgan fingerprint density at radius 2 is 1.97 bits per heavy atom. The van der Waals surface area contributed by atoms with Crippen molar-refractivity contribution < 1.29 is 1.37 Å². The first-order valence-corrected chi connectivity index (χ1v) is 12.8.